The molecule has 3 saturated heterocycles. The molecule has 3 aliphatic heterocycles. The molecule has 0 spiro atoms. The number of rotatable bonds is 6. The summed E-state index contributed by atoms with van der Waals surface area (Å²) < 4.78 is -0.179. The molecule has 11 heteroatoms. The van der Waals surface area contributed by atoms with Gasteiger partial charge in [-0.2, -0.15) is 5.26 Å². The lowest BCUT2D eigenvalue weighted by Crippen LogP contribution is -2.57. The number of hydrogen-bond donors (Lipinski definition) is 1. The van der Waals surface area contributed by atoms with Crippen molar-refractivity contribution in [1.29, 1.82) is 5.26 Å². The molecule has 3 heterocycles. The number of carbonyl (C=O) groups excluding carboxylic acids is 2. The van der Waals surface area contributed by atoms with Gasteiger partial charge >= 0.3 is 0 Å². The van der Waals surface area contributed by atoms with Crippen LogP contribution in [0.3, 0.4) is 0 Å². The van der Waals surface area contributed by atoms with Crippen molar-refractivity contribution in [3.05, 3.63) is 39.4 Å². The Morgan fingerprint density at radius 1 is 1.31 bits per heavy atom. The number of nitro groups is 1. The van der Waals surface area contributed by atoms with Gasteiger partial charge in [0.15, 0.2) is 0 Å². The quantitative estimate of drug-likeness (QED) is 0.449. The van der Waals surface area contributed by atoms with Gasteiger partial charge in [0.25, 0.3) is 0 Å². The summed E-state index contributed by atoms with van der Waals surface area (Å²) in [6.07, 6.45) is 7.47. The van der Waals surface area contributed by atoms with Crippen LogP contribution >= 0.6 is 10.2 Å². The molecule has 0 aromatic heterocycles. The standard InChI is InChI=1S/C25H32N6O4S/c1-36(2,31(34)35)18-4-5-19-14(8-18)3-6-21(19)30-17-10-23(25(30)33)28(12-17)13-20(27)24(32)29-16(11-26)7-15-9-22(15)29/h4-5,8,15-17,20-23H,3,6-7,9-10,12-13,27H2,1-2H3/t15-,16?,17?,20?,21?,22+,23+/m1/s1. The molecule has 2 aliphatic carbocycles. The zero-order chi connectivity index (χ0) is 25.5. The topological polar surface area (TPSA) is 137 Å². The number of hydrogen-bond acceptors (Lipinski definition) is 7. The number of nitrogens with zero attached hydrogens (tertiary/aromatic N) is 5. The van der Waals surface area contributed by atoms with E-state index in [0.29, 0.717) is 19.0 Å². The summed E-state index contributed by atoms with van der Waals surface area (Å²) in [5, 5.41) is 21.0. The number of amides is 2. The average Bonchev–Trinajstić information content (AvgIpc) is 3.18. The number of nitrogens with two attached hydrogens (primary N) is 1. The minimum absolute atomic E-state index is 0.00416. The monoisotopic (exact) mass is 512 g/mol. The van der Waals surface area contributed by atoms with E-state index in [1.807, 2.05) is 23.1 Å². The van der Waals surface area contributed by atoms with Crippen molar-refractivity contribution in [2.45, 2.75) is 73.3 Å². The molecule has 1 aromatic carbocycles. The highest BCUT2D eigenvalue weighted by Gasteiger charge is 2.56. The van der Waals surface area contributed by atoms with Crippen LogP contribution in [0, 0.1) is 27.4 Å². The van der Waals surface area contributed by atoms with Gasteiger partial charge < -0.3 is 15.5 Å². The number of piperidine rings is 1. The van der Waals surface area contributed by atoms with Crippen molar-refractivity contribution in [2.75, 3.05) is 25.6 Å². The summed E-state index contributed by atoms with van der Waals surface area (Å²) in [7, 11) is -2.12. The van der Waals surface area contributed by atoms with E-state index in [1.165, 1.54) is 0 Å². The first kappa shape index (κ1) is 23.7. The summed E-state index contributed by atoms with van der Waals surface area (Å²) in [6, 6.07) is 6.92. The van der Waals surface area contributed by atoms with E-state index in [1.54, 1.807) is 17.4 Å². The SMILES string of the molecule is CS(C)(c1ccc2c(c1)CCC2N1C(=O)[C@@H]2CC1CN2CC(N)C(=O)N1C(C#N)C[C@@H]2C[C@@H]21)[N+](=O)[O-]. The maximum atomic E-state index is 13.5. The van der Waals surface area contributed by atoms with E-state index in [0.717, 1.165) is 48.1 Å². The molecule has 2 N–H and O–H groups in total. The zero-order valence-electron chi connectivity index (χ0n) is 20.6. The van der Waals surface area contributed by atoms with Crippen LogP contribution in [-0.2, 0) is 16.0 Å². The van der Waals surface area contributed by atoms with Gasteiger partial charge in [0.1, 0.15) is 6.04 Å². The number of nitriles is 1. The number of carbonyl (C=O) groups is 2. The second-order valence-electron chi connectivity index (χ2n) is 11.3. The highest BCUT2D eigenvalue weighted by molar-refractivity contribution is 8.27. The second kappa shape index (κ2) is 8.16. The van der Waals surface area contributed by atoms with E-state index >= 15 is 0 Å². The van der Waals surface area contributed by atoms with Crippen LogP contribution in [-0.4, -0.2) is 86.7 Å². The summed E-state index contributed by atoms with van der Waals surface area (Å²) in [5.74, 6) is 0.363. The third kappa shape index (κ3) is 3.45. The van der Waals surface area contributed by atoms with E-state index < -0.39 is 16.3 Å². The van der Waals surface area contributed by atoms with Gasteiger partial charge in [0.2, 0.25) is 11.8 Å². The first-order valence-electron chi connectivity index (χ1n) is 12.7. The highest BCUT2D eigenvalue weighted by Crippen LogP contribution is 2.52. The molecule has 6 rings (SSSR count). The predicted molar refractivity (Wildman–Crippen MR) is 134 cm³/mol. The first-order chi connectivity index (χ1) is 17.1. The lowest BCUT2D eigenvalue weighted by molar-refractivity contribution is -0.295. The van der Waals surface area contributed by atoms with E-state index in [2.05, 4.69) is 11.0 Å². The first-order valence-corrected chi connectivity index (χ1v) is 15.1. The van der Waals surface area contributed by atoms with Crippen LogP contribution in [0.25, 0.3) is 0 Å². The molecule has 36 heavy (non-hydrogen) atoms. The Morgan fingerprint density at radius 3 is 2.78 bits per heavy atom. The third-order valence-corrected chi connectivity index (χ3v) is 11.2. The van der Waals surface area contributed by atoms with E-state index in [4.69, 9.17) is 5.73 Å². The predicted octanol–water partition coefficient (Wildman–Crippen LogP) is 1.41. The van der Waals surface area contributed by atoms with Gasteiger partial charge in [0, 0.05) is 47.9 Å². The number of fused-ring (bicyclic) bond motifs is 4. The highest BCUT2D eigenvalue weighted by atomic mass is 32.3. The van der Waals surface area contributed by atoms with Crippen molar-refractivity contribution in [3.8, 4) is 6.07 Å². The summed E-state index contributed by atoms with van der Waals surface area (Å²) >= 11 is 0. The van der Waals surface area contributed by atoms with Crippen LogP contribution < -0.4 is 5.73 Å². The van der Waals surface area contributed by atoms with E-state index in [9.17, 15) is 25.0 Å². The number of piperazine rings is 1. The van der Waals surface area contributed by atoms with Crippen molar-refractivity contribution >= 4 is 22.0 Å². The Kier molecular flexibility index (Phi) is 5.37. The largest absolute Gasteiger partial charge is 0.330 e. The van der Waals surface area contributed by atoms with E-state index in [-0.39, 0.29) is 46.4 Å². The van der Waals surface area contributed by atoms with Gasteiger partial charge in [-0.05, 0) is 61.3 Å². The normalized spacial score (nSPS) is 33.9. The molecule has 1 saturated carbocycles. The fraction of sp³-hybridized carbons (Fsp3) is 0.640. The van der Waals surface area contributed by atoms with Gasteiger partial charge in [0.05, 0.1) is 33.4 Å². The Morgan fingerprint density at radius 2 is 2.08 bits per heavy atom. The summed E-state index contributed by atoms with van der Waals surface area (Å²) in [4.78, 5) is 44.6. The van der Waals surface area contributed by atoms with Gasteiger partial charge in [-0.3, -0.25) is 24.6 Å². The van der Waals surface area contributed by atoms with Crippen LogP contribution in [0.4, 0.5) is 0 Å². The number of benzene rings is 1. The molecule has 2 bridgehead atoms. The van der Waals surface area contributed by atoms with Gasteiger partial charge in [-0.25, -0.2) is 0 Å². The molecule has 1 aromatic rings. The smallest absolute Gasteiger partial charge is 0.242 e. The molecule has 5 aliphatic rings. The van der Waals surface area contributed by atoms with Crippen molar-refractivity contribution in [2.24, 2.45) is 11.7 Å². The minimum Gasteiger partial charge on any atom is -0.330 e. The van der Waals surface area contributed by atoms with Crippen LogP contribution in [0.5, 0.6) is 0 Å². The fourth-order valence-electron chi connectivity index (χ4n) is 6.97. The Bertz CT molecular complexity index is 1200. The fourth-order valence-corrected chi connectivity index (χ4v) is 7.97. The molecule has 192 valence electrons. The van der Waals surface area contributed by atoms with Crippen LogP contribution in [0.15, 0.2) is 23.1 Å². The molecule has 10 nitrogen and oxygen atoms in total. The number of likely N-dealkylation sites (tertiary alicyclic amines) is 3. The molecular weight excluding hydrogens is 480 g/mol. The summed E-state index contributed by atoms with van der Waals surface area (Å²) in [6.45, 7) is 1.02. The second-order valence-corrected chi connectivity index (χ2v) is 14.6. The van der Waals surface area contributed by atoms with Gasteiger partial charge in [-0.15, -0.1) is 0 Å². The maximum absolute atomic E-state index is 13.5. The van der Waals surface area contributed by atoms with Crippen LogP contribution in [0.2, 0.25) is 0 Å². The number of aryl methyl sites for hydroxylation is 1. The van der Waals surface area contributed by atoms with Gasteiger partial charge in [-0.1, -0.05) is 6.07 Å². The van der Waals surface area contributed by atoms with Crippen molar-refractivity contribution < 1.29 is 13.9 Å². The summed E-state index contributed by atoms with van der Waals surface area (Å²) in [5.41, 5.74) is 8.54. The Balaban J connectivity index is 1.13. The Labute approximate surface area is 212 Å². The molecule has 0 radical (unpaired) electrons. The lowest BCUT2D eigenvalue weighted by atomic mass is 10.1. The lowest BCUT2D eigenvalue weighted by Gasteiger charge is -2.39. The zero-order valence-corrected chi connectivity index (χ0v) is 21.4. The molecule has 4 fully saturated rings. The molecular formula is C25H32N6O4S. The molecule has 7 atom stereocenters. The average molecular weight is 513 g/mol. The molecule has 4 unspecified atom stereocenters. The van der Waals surface area contributed by atoms with Crippen LogP contribution in [0.1, 0.15) is 42.9 Å². The Hall–Kier alpha value is -2.68. The third-order valence-electron chi connectivity index (χ3n) is 9.02. The van der Waals surface area contributed by atoms with Crippen molar-refractivity contribution in [1.82, 2.24) is 14.7 Å². The molecule has 2 amide bonds. The van der Waals surface area contributed by atoms with Crippen molar-refractivity contribution in [3.63, 3.8) is 0 Å². The maximum Gasteiger partial charge on any atom is 0.242 e. The minimum atomic E-state index is -2.12.